The molecule has 0 aliphatic rings. The van der Waals surface area contributed by atoms with Gasteiger partial charge in [-0.1, -0.05) is 11.6 Å². The molecule has 12 heteroatoms. The second-order valence-corrected chi connectivity index (χ2v) is 6.91. The van der Waals surface area contributed by atoms with Crippen molar-refractivity contribution in [2.45, 2.75) is 45.6 Å². The molecule has 0 spiro atoms. The van der Waals surface area contributed by atoms with Gasteiger partial charge in [0.05, 0.1) is 18.1 Å². The van der Waals surface area contributed by atoms with Crippen molar-refractivity contribution in [2.75, 3.05) is 13.2 Å². The van der Waals surface area contributed by atoms with Gasteiger partial charge in [0.25, 0.3) is 5.69 Å². The Labute approximate surface area is 183 Å². The summed E-state index contributed by atoms with van der Waals surface area (Å²) in [7, 11) is 0. The number of ether oxygens (including phenoxy) is 2. The number of carbonyl (C=O) groups excluding carboxylic acids is 4. The lowest BCUT2D eigenvalue weighted by Crippen LogP contribution is -2.62. The molecule has 1 rings (SSSR count). The first-order valence-corrected chi connectivity index (χ1v) is 9.73. The molecule has 0 aliphatic carbocycles. The number of nitro benzene ring substituents is 1. The molecule has 0 bridgehead atoms. The van der Waals surface area contributed by atoms with Crippen molar-refractivity contribution in [2.24, 2.45) is 5.73 Å². The Morgan fingerprint density at radius 2 is 1.68 bits per heavy atom. The molecular formula is C19H24ClN3O8. The molecule has 3 N–H and O–H groups in total. The van der Waals surface area contributed by atoms with Crippen molar-refractivity contribution < 1.29 is 33.6 Å². The lowest BCUT2D eigenvalue weighted by Gasteiger charge is -2.30. The molecule has 2 amide bonds. The van der Waals surface area contributed by atoms with Gasteiger partial charge in [-0.15, -0.1) is 0 Å². The van der Waals surface area contributed by atoms with E-state index in [1.54, 1.807) is 0 Å². The zero-order valence-electron chi connectivity index (χ0n) is 17.4. The second kappa shape index (κ2) is 11.3. The van der Waals surface area contributed by atoms with Gasteiger partial charge in [0.1, 0.15) is 5.02 Å². The smallest absolute Gasteiger partial charge is 0.344 e. The number of nitro groups is 1. The maximum absolute atomic E-state index is 12.8. The van der Waals surface area contributed by atoms with Gasteiger partial charge >= 0.3 is 11.9 Å². The maximum Gasteiger partial charge on any atom is 0.344 e. The van der Waals surface area contributed by atoms with Crippen LogP contribution in [0.15, 0.2) is 12.1 Å². The standard InChI is InChI=1S/C19H24ClN3O8/c1-4-30-17(26)19(22-11(3)24,18(27)31-5-2)10-13-8-14(20)15(23(28)29)9-12(13)6-7-16(21)25/h8-9H,4-7,10H2,1-3H3,(H2,21,25)(H,22,24). The van der Waals surface area contributed by atoms with E-state index in [0.29, 0.717) is 0 Å². The Morgan fingerprint density at radius 1 is 1.13 bits per heavy atom. The van der Waals surface area contributed by atoms with Gasteiger partial charge in [-0.2, -0.15) is 0 Å². The van der Waals surface area contributed by atoms with Crippen molar-refractivity contribution in [3.05, 3.63) is 38.4 Å². The molecule has 0 aliphatic heterocycles. The minimum absolute atomic E-state index is 0.0233. The molecule has 31 heavy (non-hydrogen) atoms. The van der Waals surface area contributed by atoms with Crippen molar-refractivity contribution in [1.29, 1.82) is 0 Å². The fraction of sp³-hybridized carbons (Fsp3) is 0.474. The summed E-state index contributed by atoms with van der Waals surface area (Å²) in [6, 6.07) is 2.33. The minimum Gasteiger partial charge on any atom is -0.464 e. The van der Waals surface area contributed by atoms with Crippen LogP contribution in [0.1, 0.15) is 38.3 Å². The number of nitrogens with zero attached hydrogens (tertiary/aromatic N) is 1. The van der Waals surface area contributed by atoms with Gasteiger partial charge in [-0.3, -0.25) is 19.7 Å². The van der Waals surface area contributed by atoms with Gasteiger partial charge in [0, 0.05) is 25.8 Å². The number of nitrogens with two attached hydrogens (primary N) is 1. The highest BCUT2D eigenvalue weighted by molar-refractivity contribution is 6.32. The fourth-order valence-corrected chi connectivity index (χ4v) is 3.17. The Kier molecular flexibility index (Phi) is 9.38. The number of hydrogen-bond donors (Lipinski definition) is 2. The molecular weight excluding hydrogens is 434 g/mol. The van der Waals surface area contributed by atoms with E-state index in [-0.39, 0.29) is 42.2 Å². The highest BCUT2D eigenvalue weighted by Gasteiger charge is 2.50. The van der Waals surface area contributed by atoms with Crippen LogP contribution in [-0.4, -0.2) is 47.4 Å². The molecule has 11 nitrogen and oxygen atoms in total. The van der Waals surface area contributed by atoms with E-state index in [4.69, 9.17) is 26.8 Å². The number of esters is 2. The van der Waals surface area contributed by atoms with Crippen molar-refractivity contribution >= 4 is 41.0 Å². The van der Waals surface area contributed by atoms with E-state index in [2.05, 4.69) is 5.32 Å². The first kappa shape index (κ1) is 25.8. The summed E-state index contributed by atoms with van der Waals surface area (Å²) in [6.45, 7) is 3.96. The van der Waals surface area contributed by atoms with E-state index >= 15 is 0 Å². The molecule has 0 fully saturated rings. The number of halogens is 1. The Hall–Kier alpha value is -3.21. The Balaban J connectivity index is 3.67. The molecule has 1 aromatic carbocycles. The Morgan fingerprint density at radius 3 is 2.10 bits per heavy atom. The summed E-state index contributed by atoms with van der Waals surface area (Å²) >= 11 is 6.02. The van der Waals surface area contributed by atoms with Crippen molar-refractivity contribution in [3.63, 3.8) is 0 Å². The van der Waals surface area contributed by atoms with Crippen LogP contribution in [0.5, 0.6) is 0 Å². The van der Waals surface area contributed by atoms with Gasteiger partial charge in [0.2, 0.25) is 17.4 Å². The predicted octanol–water partition coefficient (Wildman–Crippen LogP) is 1.21. The van der Waals surface area contributed by atoms with Gasteiger partial charge in [-0.05, 0) is 37.5 Å². The molecule has 0 radical (unpaired) electrons. The molecule has 0 saturated heterocycles. The number of primary amides is 1. The van der Waals surface area contributed by atoms with E-state index in [1.807, 2.05) is 0 Å². The normalized spacial score (nSPS) is 10.8. The summed E-state index contributed by atoms with van der Waals surface area (Å²) in [4.78, 5) is 59.3. The van der Waals surface area contributed by atoms with Crippen LogP contribution >= 0.6 is 11.6 Å². The number of rotatable bonds is 11. The fourth-order valence-electron chi connectivity index (χ4n) is 2.91. The topological polar surface area (TPSA) is 168 Å². The highest BCUT2D eigenvalue weighted by Crippen LogP contribution is 2.31. The third kappa shape index (κ3) is 6.64. The summed E-state index contributed by atoms with van der Waals surface area (Å²) in [5, 5.41) is 13.3. The highest BCUT2D eigenvalue weighted by atomic mass is 35.5. The lowest BCUT2D eigenvalue weighted by molar-refractivity contribution is -0.384. The summed E-state index contributed by atoms with van der Waals surface area (Å²) in [5.41, 5.74) is 2.94. The quantitative estimate of drug-likeness (QED) is 0.216. The van der Waals surface area contributed by atoms with Crippen LogP contribution < -0.4 is 11.1 Å². The molecule has 0 atom stereocenters. The summed E-state index contributed by atoms with van der Waals surface area (Å²) in [5.74, 6) is -3.52. The molecule has 1 aromatic rings. The molecule has 0 saturated carbocycles. The monoisotopic (exact) mass is 457 g/mol. The average Bonchev–Trinajstić information content (AvgIpc) is 2.66. The van der Waals surface area contributed by atoms with Crippen molar-refractivity contribution in [3.8, 4) is 0 Å². The van der Waals surface area contributed by atoms with Crippen molar-refractivity contribution in [1.82, 2.24) is 5.32 Å². The van der Waals surface area contributed by atoms with Gasteiger partial charge in [-0.25, -0.2) is 9.59 Å². The number of carbonyl (C=O) groups is 4. The largest absolute Gasteiger partial charge is 0.464 e. The zero-order valence-corrected chi connectivity index (χ0v) is 18.1. The van der Waals surface area contributed by atoms with Crippen LogP contribution in [0.25, 0.3) is 0 Å². The Bertz CT molecular complexity index is 869. The first-order chi connectivity index (χ1) is 14.5. The van der Waals surface area contributed by atoms with E-state index in [0.717, 1.165) is 13.0 Å². The zero-order chi connectivity index (χ0) is 23.8. The van der Waals surface area contributed by atoms with Crippen LogP contribution in [0, 0.1) is 10.1 Å². The minimum atomic E-state index is -2.27. The van der Waals surface area contributed by atoms with E-state index in [9.17, 15) is 29.3 Å². The van der Waals surface area contributed by atoms with E-state index < -0.39 is 46.3 Å². The van der Waals surface area contributed by atoms with Crippen LogP contribution in [-0.2, 0) is 41.5 Å². The summed E-state index contributed by atoms with van der Waals surface area (Å²) < 4.78 is 10.0. The number of hydrogen-bond acceptors (Lipinski definition) is 8. The van der Waals surface area contributed by atoms with Crippen LogP contribution in [0.2, 0.25) is 5.02 Å². The second-order valence-electron chi connectivity index (χ2n) is 6.50. The average molecular weight is 458 g/mol. The van der Waals surface area contributed by atoms with Crippen LogP contribution in [0.3, 0.4) is 0 Å². The first-order valence-electron chi connectivity index (χ1n) is 9.35. The number of benzene rings is 1. The van der Waals surface area contributed by atoms with Gasteiger partial charge < -0.3 is 20.5 Å². The molecule has 170 valence electrons. The SMILES string of the molecule is CCOC(=O)C(Cc1cc(Cl)c([N+](=O)[O-])cc1CCC(N)=O)(NC(C)=O)C(=O)OCC. The van der Waals surface area contributed by atoms with Gasteiger partial charge in [0.15, 0.2) is 0 Å². The predicted molar refractivity (Wildman–Crippen MR) is 109 cm³/mol. The molecule has 0 aromatic heterocycles. The number of nitrogens with one attached hydrogen (secondary N) is 1. The van der Waals surface area contributed by atoms with Crippen LogP contribution in [0.4, 0.5) is 5.69 Å². The third-order valence-corrected chi connectivity index (χ3v) is 4.50. The lowest BCUT2D eigenvalue weighted by atomic mass is 9.86. The van der Waals surface area contributed by atoms with E-state index in [1.165, 1.54) is 19.9 Å². The maximum atomic E-state index is 12.8. The summed E-state index contributed by atoms with van der Waals surface area (Å²) in [6.07, 6.45) is -0.654. The molecule has 0 heterocycles. The number of amides is 2. The number of aryl methyl sites for hydroxylation is 1. The third-order valence-electron chi connectivity index (χ3n) is 4.20. The molecule has 0 unspecified atom stereocenters.